The van der Waals surface area contributed by atoms with E-state index in [4.69, 9.17) is 4.74 Å². The molecule has 0 aliphatic carbocycles. The van der Waals surface area contributed by atoms with Crippen LogP contribution < -0.4 is 10.1 Å². The molecule has 102 valence electrons. The molecule has 19 heavy (non-hydrogen) atoms. The van der Waals surface area contributed by atoms with Crippen LogP contribution in [0.2, 0.25) is 0 Å². The van der Waals surface area contributed by atoms with Gasteiger partial charge >= 0.3 is 0 Å². The first-order valence-electron chi connectivity index (χ1n) is 6.18. The Labute approximate surface area is 126 Å². The van der Waals surface area contributed by atoms with Gasteiger partial charge in [0.25, 0.3) is 0 Å². The molecule has 1 atom stereocenters. The standard InChI is InChI=1S/C15H18BrNOS/c1-9-7-12(16)8-13(18-4)15(9)17-11(3)14-6-5-10(2)19-14/h5-8,11,17H,1-4H3. The summed E-state index contributed by atoms with van der Waals surface area (Å²) < 4.78 is 6.49. The highest BCUT2D eigenvalue weighted by Crippen LogP contribution is 2.35. The maximum Gasteiger partial charge on any atom is 0.143 e. The number of methoxy groups -OCH3 is 1. The van der Waals surface area contributed by atoms with Gasteiger partial charge in [-0.15, -0.1) is 11.3 Å². The van der Waals surface area contributed by atoms with Gasteiger partial charge in [0.1, 0.15) is 5.75 Å². The third-order valence-electron chi connectivity index (χ3n) is 3.03. The van der Waals surface area contributed by atoms with Crippen molar-refractivity contribution < 1.29 is 4.74 Å². The zero-order chi connectivity index (χ0) is 14.0. The Balaban J connectivity index is 2.28. The molecular weight excluding hydrogens is 322 g/mol. The van der Waals surface area contributed by atoms with E-state index in [-0.39, 0.29) is 6.04 Å². The molecule has 0 aliphatic heterocycles. The van der Waals surface area contributed by atoms with Gasteiger partial charge in [0.15, 0.2) is 0 Å². The maximum atomic E-state index is 5.46. The van der Waals surface area contributed by atoms with Crippen LogP contribution in [-0.2, 0) is 0 Å². The van der Waals surface area contributed by atoms with Crippen molar-refractivity contribution in [1.29, 1.82) is 0 Å². The van der Waals surface area contributed by atoms with Crippen LogP contribution in [0.15, 0.2) is 28.7 Å². The third-order valence-corrected chi connectivity index (χ3v) is 4.67. The Kier molecular flexibility index (Phi) is 4.53. The second-order valence-electron chi connectivity index (χ2n) is 4.61. The zero-order valence-electron chi connectivity index (χ0n) is 11.6. The number of halogens is 1. The van der Waals surface area contributed by atoms with Crippen molar-refractivity contribution in [1.82, 2.24) is 0 Å². The lowest BCUT2D eigenvalue weighted by Gasteiger charge is -2.19. The molecule has 4 heteroatoms. The van der Waals surface area contributed by atoms with Crippen LogP contribution in [0, 0.1) is 13.8 Å². The molecule has 0 saturated carbocycles. The molecule has 0 saturated heterocycles. The molecule has 0 bridgehead atoms. The lowest BCUT2D eigenvalue weighted by Crippen LogP contribution is -2.07. The van der Waals surface area contributed by atoms with Crippen molar-refractivity contribution in [2.45, 2.75) is 26.8 Å². The minimum atomic E-state index is 0.271. The Morgan fingerprint density at radius 2 is 2.00 bits per heavy atom. The molecule has 0 radical (unpaired) electrons. The largest absolute Gasteiger partial charge is 0.495 e. The number of ether oxygens (including phenoxy) is 1. The van der Waals surface area contributed by atoms with Crippen molar-refractivity contribution in [3.8, 4) is 5.75 Å². The second kappa shape index (κ2) is 5.97. The van der Waals surface area contributed by atoms with Gasteiger partial charge in [-0.1, -0.05) is 15.9 Å². The average molecular weight is 340 g/mol. The summed E-state index contributed by atoms with van der Waals surface area (Å²) in [6.45, 7) is 6.39. The second-order valence-corrected chi connectivity index (χ2v) is 6.85. The van der Waals surface area contributed by atoms with Crippen molar-refractivity contribution in [3.63, 3.8) is 0 Å². The first-order valence-corrected chi connectivity index (χ1v) is 7.79. The maximum absolute atomic E-state index is 5.46. The third kappa shape index (κ3) is 3.31. The van der Waals surface area contributed by atoms with Crippen LogP contribution in [0.25, 0.3) is 0 Å². The van der Waals surface area contributed by atoms with Crippen LogP contribution >= 0.6 is 27.3 Å². The van der Waals surface area contributed by atoms with Gasteiger partial charge < -0.3 is 10.1 Å². The molecule has 1 aromatic carbocycles. The highest BCUT2D eigenvalue weighted by molar-refractivity contribution is 9.10. The van der Waals surface area contributed by atoms with E-state index in [1.165, 1.54) is 15.3 Å². The molecule has 1 unspecified atom stereocenters. The first-order chi connectivity index (χ1) is 9.01. The van der Waals surface area contributed by atoms with Crippen LogP contribution in [0.4, 0.5) is 5.69 Å². The topological polar surface area (TPSA) is 21.3 Å². The Hall–Kier alpha value is -1.00. The molecule has 1 N–H and O–H groups in total. The monoisotopic (exact) mass is 339 g/mol. The molecular formula is C15H18BrNOS. The lowest BCUT2D eigenvalue weighted by atomic mass is 10.1. The fourth-order valence-corrected chi connectivity index (χ4v) is 3.46. The number of aryl methyl sites for hydroxylation is 2. The number of anilines is 1. The van der Waals surface area contributed by atoms with Gasteiger partial charge in [0.2, 0.25) is 0 Å². The Morgan fingerprint density at radius 1 is 1.26 bits per heavy atom. The van der Waals surface area contributed by atoms with Crippen LogP contribution in [-0.4, -0.2) is 7.11 Å². The van der Waals surface area contributed by atoms with E-state index < -0.39 is 0 Å². The fraction of sp³-hybridized carbons (Fsp3) is 0.333. The van der Waals surface area contributed by atoms with Gasteiger partial charge in [-0.25, -0.2) is 0 Å². The number of hydrogen-bond acceptors (Lipinski definition) is 3. The van der Waals surface area contributed by atoms with Gasteiger partial charge in [0.05, 0.1) is 18.8 Å². The highest BCUT2D eigenvalue weighted by atomic mass is 79.9. The van der Waals surface area contributed by atoms with E-state index in [9.17, 15) is 0 Å². The van der Waals surface area contributed by atoms with Gasteiger partial charge in [-0.2, -0.15) is 0 Å². The molecule has 2 aromatic rings. The Morgan fingerprint density at radius 3 is 2.58 bits per heavy atom. The molecule has 2 rings (SSSR count). The quantitative estimate of drug-likeness (QED) is 0.814. The minimum Gasteiger partial charge on any atom is -0.495 e. The van der Waals surface area contributed by atoms with E-state index in [0.29, 0.717) is 0 Å². The molecule has 0 amide bonds. The van der Waals surface area contributed by atoms with E-state index in [1.807, 2.05) is 17.4 Å². The van der Waals surface area contributed by atoms with Gasteiger partial charge in [0, 0.05) is 14.2 Å². The van der Waals surface area contributed by atoms with Gasteiger partial charge in [-0.3, -0.25) is 0 Å². The summed E-state index contributed by atoms with van der Waals surface area (Å²) in [5.41, 5.74) is 2.23. The summed E-state index contributed by atoms with van der Waals surface area (Å²) in [6, 6.07) is 8.69. The number of hydrogen-bond donors (Lipinski definition) is 1. The van der Waals surface area contributed by atoms with E-state index >= 15 is 0 Å². The fourth-order valence-electron chi connectivity index (χ4n) is 2.03. The number of rotatable bonds is 4. The first kappa shape index (κ1) is 14.4. The van der Waals surface area contributed by atoms with E-state index in [1.54, 1.807) is 7.11 Å². The Bertz CT molecular complexity index is 580. The average Bonchev–Trinajstić information content (AvgIpc) is 2.78. The molecule has 0 spiro atoms. The van der Waals surface area contributed by atoms with Crippen molar-refractivity contribution in [3.05, 3.63) is 44.1 Å². The highest BCUT2D eigenvalue weighted by Gasteiger charge is 2.13. The normalized spacial score (nSPS) is 12.3. The predicted molar refractivity (Wildman–Crippen MR) is 86.5 cm³/mol. The molecule has 2 nitrogen and oxygen atoms in total. The summed E-state index contributed by atoms with van der Waals surface area (Å²) in [4.78, 5) is 2.67. The summed E-state index contributed by atoms with van der Waals surface area (Å²) in [6.07, 6.45) is 0. The predicted octanol–water partition coefficient (Wildman–Crippen LogP) is 5.31. The zero-order valence-corrected chi connectivity index (χ0v) is 14.0. The summed E-state index contributed by atoms with van der Waals surface area (Å²) in [7, 11) is 1.70. The molecule has 0 aliphatic rings. The van der Waals surface area contributed by atoms with Crippen molar-refractivity contribution in [2.75, 3.05) is 12.4 Å². The van der Waals surface area contributed by atoms with Crippen molar-refractivity contribution >= 4 is 33.0 Å². The number of nitrogens with one attached hydrogen (secondary N) is 1. The smallest absolute Gasteiger partial charge is 0.143 e. The lowest BCUT2D eigenvalue weighted by molar-refractivity contribution is 0.415. The van der Waals surface area contributed by atoms with Gasteiger partial charge in [-0.05, 0) is 50.6 Å². The summed E-state index contributed by atoms with van der Waals surface area (Å²) in [5.74, 6) is 0.868. The van der Waals surface area contributed by atoms with Crippen LogP contribution in [0.3, 0.4) is 0 Å². The molecule has 1 aromatic heterocycles. The van der Waals surface area contributed by atoms with Crippen LogP contribution in [0.1, 0.15) is 28.3 Å². The molecule has 1 heterocycles. The number of thiophene rings is 1. The number of benzene rings is 1. The van der Waals surface area contributed by atoms with E-state index in [0.717, 1.165) is 15.9 Å². The van der Waals surface area contributed by atoms with Crippen LogP contribution in [0.5, 0.6) is 5.75 Å². The van der Waals surface area contributed by atoms with Crippen molar-refractivity contribution in [2.24, 2.45) is 0 Å². The summed E-state index contributed by atoms with van der Waals surface area (Å²) in [5, 5.41) is 3.55. The summed E-state index contributed by atoms with van der Waals surface area (Å²) >= 11 is 5.32. The minimum absolute atomic E-state index is 0.271. The van der Waals surface area contributed by atoms with E-state index in [2.05, 4.69) is 60.2 Å². The SMILES string of the molecule is COc1cc(Br)cc(C)c1NC(C)c1ccc(C)s1. The molecule has 0 fully saturated rings.